The molecule has 1 unspecified atom stereocenters. The summed E-state index contributed by atoms with van der Waals surface area (Å²) in [7, 11) is 0. The Morgan fingerprint density at radius 3 is 2.53 bits per heavy atom. The predicted octanol–water partition coefficient (Wildman–Crippen LogP) is 1.95. The molecule has 1 fully saturated rings. The van der Waals surface area contributed by atoms with Gasteiger partial charge in [0.1, 0.15) is 5.60 Å². The molecule has 0 spiro atoms. The molecule has 1 aromatic rings. The van der Waals surface area contributed by atoms with E-state index in [1.54, 1.807) is 0 Å². The second kappa shape index (κ2) is 6.51. The molecule has 1 aliphatic rings. The highest BCUT2D eigenvalue weighted by molar-refractivity contribution is 5.23. The van der Waals surface area contributed by atoms with E-state index >= 15 is 0 Å². The van der Waals surface area contributed by atoms with Crippen LogP contribution in [-0.2, 0) is 5.60 Å². The zero-order valence-electron chi connectivity index (χ0n) is 11.9. The molecule has 0 bridgehead atoms. The average molecular weight is 262 g/mol. The normalized spacial score (nSPS) is 18.5. The van der Waals surface area contributed by atoms with Gasteiger partial charge in [0.2, 0.25) is 0 Å². The van der Waals surface area contributed by atoms with Gasteiger partial charge in [-0.3, -0.25) is 4.90 Å². The summed E-state index contributed by atoms with van der Waals surface area (Å²) in [6.45, 7) is 5.22. The summed E-state index contributed by atoms with van der Waals surface area (Å²) in [5.41, 5.74) is 5.85. The largest absolute Gasteiger partial charge is 0.382 e. The first-order valence-corrected chi connectivity index (χ1v) is 7.38. The Morgan fingerprint density at radius 1 is 1.32 bits per heavy atom. The van der Waals surface area contributed by atoms with Crippen molar-refractivity contribution in [1.82, 2.24) is 4.90 Å². The van der Waals surface area contributed by atoms with Crippen LogP contribution in [0.1, 0.15) is 31.7 Å². The molecule has 19 heavy (non-hydrogen) atoms. The highest BCUT2D eigenvalue weighted by atomic mass is 16.3. The van der Waals surface area contributed by atoms with E-state index in [1.807, 2.05) is 30.3 Å². The van der Waals surface area contributed by atoms with Gasteiger partial charge >= 0.3 is 0 Å². The van der Waals surface area contributed by atoms with E-state index in [0.717, 1.165) is 31.0 Å². The summed E-state index contributed by atoms with van der Waals surface area (Å²) in [6, 6.07) is 9.82. The Bertz CT molecular complexity index is 378. The third kappa shape index (κ3) is 4.03. The molecule has 0 radical (unpaired) electrons. The van der Waals surface area contributed by atoms with Crippen LogP contribution < -0.4 is 5.73 Å². The molecule has 0 amide bonds. The Labute approximate surface area is 116 Å². The Balaban J connectivity index is 2.06. The lowest BCUT2D eigenvalue weighted by Gasteiger charge is -2.34. The molecule has 0 saturated heterocycles. The average Bonchev–Trinajstić information content (AvgIpc) is 3.24. The highest BCUT2D eigenvalue weighted by Crippen LogP contribution is 2.31. The third-order valence-corrected chi connectivity index (χ3v) is 3.89. The summed E-state index contributed by atoms with van der Waals surface area (Å²) < 4.78 is 0. The van der Waals surface area contributed by atoms with Gasteiger partial charge in [-0.2, -0.15) is 0 Å². The first-order chi connectivity index (χ1) is 9.18. The zero-order valence-corrected chi connectivity index (χ0v) is 11.9. The first kappa shape index (κ1) is 14.5. The maximum atomic E-state index is 10.9. The number of rotatable bonds is 8. The van der Waals surface area contributed by atoms with Crippen molar-refractivity contribution in [3.05, 3.63) is 35.9 Å². The van der Waals surface area contributed by atoms with Crippen molar-refractivity contribution in [2.75, 3.05) is 26.2 Å². The lowest BCUT2D eigenvalue weighted by molar-refractivity contribution is 0.00548. The van der Waals surface area contributed by atoms with Gasteiger partial charge < -0.3 is 10.8 Å². The standard InChI is InChI=1S/C16H26N2O/c1-2-10-18(11-14-8-9-14)13-16(19,12-17)15-6-4-3-5-7-15/h3-7,14,19H,2,8-13,17H2,1H3. The van der Waals surface area contributed by atoms with Gasteiger partial charge in [0, 0.05) is 19.6 Å². The first-order valence-electron chi connectivity index (χ1n) is 7.38. The molecule has 3 N–H and O–H groups in total. The Morgan fingerprint density at radius 2 is 2.00 bits per heavy atom. The zero-order chi connectivity index (χ0) is 13.7. The number of nitrogens with zero attached hydrogens (tertiary/aromatic N) is 1. The third-order valence-electron chi connectivity index (χ3n) is 3.89. The smallest absolute Gasteiger partial charge is 0.114 e. The van der Waals surface area contributed by atoms with E-state index in [0.29, 0.717) is 6.54 Å². The van der Waals surface area contributed by atoms with E-state index in [1.165, 1.54) is 12.8 Å². The molecule has 106 valence electrons. The molecule has 3 heteroatoms. The van der Waals surface area contributed by atoms with Crippen LogP contribution in [0.5, 0.6) is 0 Å². The fourth-order valence-electron chi connectivity index (χ4n) is 2.61. The van der Waals surface area contributed by atoms with Gasteiger partial charge in [0.25, 0.3) is 0 Å². The molecule has 0 heterocycles. The fourth-order valence-corrected chi connectivity index (χ4v) is 2.61. The van der Waals surface area contributed by atoms with Crippen LogP contribution in [0.15, 0.2) is 30.3 Å². The summed E-state index contributed by atoms with van der Waals surface area (Å²) >= 11 is 0. The van der Waals surface area contributed by atoms with E-state index in [-0.39, 0.29) is 6.54 Å². The molecule has 1 aliphatic carbocycles. The van der Waals surface area contributed by atoms with Crippen LogP contribution in [-0.4, -0.2) is 36.2 Å². The van der Waals surface area contributed by atoms with Crippen molar-refractivity contribution in [1.29, 1.82) is 0 Å². The second-order valence-corrected chi connectivity index (χ2v) is 5.78. The molecule has 0 aromatic heterocycles. The lowest BCUT2D eigenvalue weighted by atomic mass is 9.93. The van der Waals surface area contributed by atoms with Crippen molar-refractivity contribution in [2.24, 2.45) is 11.7 Å². The topological polar surface area (TPSA) is 49.5 Å². The number of hydrogen-bond donors (Lipinski definition) is 2. The number of benzene rings is 1. The SMILES string of the molecule is CCCN(CC1CC1)CC(O)(CN)c1ccccc1. The molecule has 1 atom stereocenters. The quantitative estimate of drug-likeness (QED) is 0.753. The van der Waals surface area contributed by atoms with E-state index in [9.17, 15) is 5.11 Å². The van der Waals surface area contributed by atoms with E-state index in [4.69, 9.17) is 5.73 Å². The second-order valence-electron chi connectivity index (χ2n) is 5.78. The highest BCUT2D eigenvalue weighted by Gasteiger charge is 2.32. The molecular formula is C16H26N2O. The Hall–Kier alpha value is -0.900. The van der Waals surface area contributed by atoms with Crippen molar-refractivity contribution < 1.29 is 5.11 Å². The molecule has 2 rings (SSSR count). The van der Waals surface area contributed by atoms with Gasteiger partial charge in [0.15, 0.2) is 0 Å². The van der Waals surface area contributed by atoms with Gasteiger partial charge in [-0.1, -0.05) is 37.3 Å². The summed E-state index contributed by atoms with van der Waals surface area (Å²) in [5, 5.41) is 10.9. The minimum Gasteiger partial charge on any atom is -0.382 e. The van der Waals surface area contributed by atoms with Crippen LogP contribution in [0.4, 0.5) is 0 Å². The number of aliphatic hydroxyl groups is 1. The molecule has 3 nitrogen and oxygen atoms in total. The van der Waals surface area contributed by atoms with Gasteiger partial charge in [-0.05, 0) is 37.3 Å². The van der Waals surface area contributed by atoms with Crippen molar-refractivity contribution in [3.63, 3.8) is 0 Å². The fraction of sp³-hybridized carbons (Fsp3) is 0.625. The maximum absolute atomic E-state index is 10.9. The van der Waals surface area contributed by atoms with Crippen molar-refractivity contribution >= 4 is 0 Å². The summed E-state index contributed by atoms with van der Waals surface area (Å²) in [5.74, 6) is 0.837. The van der Waals surface area contributed by atoms with Gasteiger partial charge in [-0.15, -0.1) is 0 Å². The van der Waals surface area contributed by atoms with Crippen molar-refractivity contribution in [3.8, 4) is 0 Å². The summed E-state index contributed by atoms with van der Waals surface area (Å²) in [6.07, 6.45) is 3.79. The number of hydrogen-bond acceptors (Lipinski definition) is 3. The molecule has 1 saturated carbocycles. The lowest BCUT2D eigenvalue weighted by Crippen LogP contribution is -2.46. The van der Waals surface area contributed by atoms with Crippen LogP contribution in [0, 0.1) is 5.92 Å². The minimum atomic E-state index is -0.925. The Kier molecular flexibility index (Phi) is 4.97. The molecule has 0 aliphatic heterocycles. The van der Waals surface area contributed by atoms with Gasteiger partial charge in [-0.25, -0.2) is 0 Å². The van der Waals surface area contributed by atoms with Gasteiger partial charge in [0.05, 0.1) is 0 Å². The minimum absolute atomic E-state index is 0.266. The monoisotopic (exact) mass is 262 g/mol. The number of nitrogens with two attached hydrogens (primary N) is 1. The van der Waals surface area contributed by atoms with E-state index in [2.05, 4.69) is 11.8 Å². The van der Waals surface area contributed by atoms with Crippen LogP contribution >= 0.6 is 0 Å². The van der Waals surface area contributed by atoms with Crippen molar-refractivity contribution in [2.45, 2.75) is 31.8 Å². The molecule has 1 aromatic carbocycles. The summed E-state index contributed by atoms with van der Waals surface area (Å²) in [4.78, 5) is 2.37. The van der Waals surface area contributed by atoms with Crippen LogP contribution in [0.2, 0.25) is 0 Å². The maximum Gasteiger partial charge on any atom is 0.114 e. The van der Waals surface area contributed by atoms with E-state index < -0.39 is 5.60 Å². The molecular weight excluding hydrogens is 236 g/mol. The van der Waals surface area contributed by atoms with Crippen LogP contribution in [0.25, 0.3) is 0 Å². The van der Waals surface area contributed by atoms with Crippen LogP contribution in [0.3, 0.4) is 0 Å². The predicted molar refractivity (Wildman–Crippen MR) is 78.8 cm³/mol.